The van der Waals surface area contributed by atoms with Gasteiger partial charge in [-0.25, -0.2) is 0 Å². The Morgan fingerprint density at radius 2 is 2.06 bits per heavy atom. The molecular formula is C14H18BrClO2. The SMILES string of the molecule is COc1ccc(C(Br)CC2CCC2)c(OC)c1Cl. The first kappa shape index (κ1) is 14.0. The molecule has 1 fully saturated rings. The molecule has 0 saturated heterocycles. The summed E-state index contributed by atoms with van der Waals surface area (Å²) in [5, 5.41) is 0.551. The van der Waals surface area contributed by atoms with Gasteiger partial charge < -0.3 is 9.47 Å². The highest BCUT2D eigenvalue weighted by Crippen LogP contribution is 2.45. The summed E-state index contributed by atoms with van der Waals surface area (Å²) in [5.41, 5.74) is 1.11. The molecule has 1 saturated carbocycles. The Bertz CT molecular complexity index is 419. The molecule has 0 heterocycles. The molecule has 1 atom stereocenters. The summed E-state index contributed by atoms with van der Waals surface area (Å²) >= 11 is 10.0. The van der Waals surface area contributed by atoms with Crippen LogP contribution in [0.15, 0.2) is 12.1 Å². The molecule has 4 heteroatoms. The average Bonchev–Trinajstić information content (AvgIpc) is 2.33. The predicted octanol–water partition coefficient (Wildman–Crippen LogP) is 4.98. The monoisotopic (exact) mass is 332 g/mol. The van der Waals surface area contributed by atoms with Gasteiger partial charge in [0.05, 0.1) is 14.2 Å². The van der Waals surface area contributed by atoms with Crippen molar-refractivity contribution >= 4 is 27.5 Å². The van der Waals surface area contributed by atoms with Crippen molar-refractivity contribution in [3.8, 4) is 11.5 Å². The van der Waals surface area contributed by atoms with Crippen LogP contribution in [0.1, 0.15) is 36.1 Å². The third-order valence-corrected chi connectivity index (χ3v) is 4.84. The molecule has 1 aromatic rings. The molecule has 1 aliphatic carbocycles. The molecule has 0 bridgehead atoms. The lowest BCUT2D eigenvalue weighted by Gasteiger charge is -2.28. The largest absolute Gasteiger partial charge is 0.495 e. The molecule has 1 unspecified atom stereocenters. The van der Waals surface area contributed by atoms with Crippen LogP contribution in [0.5, 0.6) is 11.5 Å². The fourth-order valence-electron chi connectivity index (χ4n) is 2.31. The zero-order chi connectivity index (χ0) is 13.1. The normalized spacial score (nSPS) is 17.1. The van der Waals surface area contributed by atoms with Crippen molar-refractivity contribution in [3.05, 3.63) is 22.7 Å². The maximum atomic E-state index is 6.27. The van der Waals surface area contributed by atoms with Crippen molar-refractivity contribution in [2.24, 2.45) is 5.92 Å². The molecule has 1 aliphatic rings. The van der Waals surface area contributed by atoms with Crippen LogP contribution in [0.25, 0.3) is 0 Å². The van der Waals surface area contributed by atoms with Gasteiger partial charge in [0.2, 0.25) is 0 Å². The maximum absolute atomic E-state index is 6.27. The van der Waals surface area contributed by atoms with E-state index in [2.05, 4.69) is 15.9 Å². The zero-order valence-electron chi connectivity index (χ0n) is 10.7. The Hall–Kier alpha value is -0.410. The lowest BCUT2D eigenvalue weighted by molar-refractivity contribution is 0.294. The fraction of sp³-hybridized carbons (Fsp3) is 0.571. The van der Waals surface area contributed by atoms with Crippen LogP contribution in [0.2, 0.25) is 5.02 Å². The molecular weight excluding hydrogens is 316 g/mol. The van der Waals surface area contributed by atoms with Crippen molar-refractivity contribution in [2.45, 2.75) is 30.5 Å². The first-order valence-electron chi connectivity index (χ1n) is 6.21. The topological polar surface area (TPSA) is 18.5 Å². The molecule has 0 amide bonds. The second-order valence-electron chi connectivity index (χ2n) is 4.70. The van der Waals surface area contributed by atoms with Crippen molar-refractivity contribution in [1.29, 1.82) is 0 Å². The van der Waals surface area contributed by atoms with E-state index in [9.17, 15) is 0 Å². The van der Waals surface area contributed by atoms with Gasteiger partial charge in [-0.2, -0.15) is 0 Å². The van der Waals surface area contributed by atoms with Crippen LogP contribution in [-0.4, -0.2) is 14.2 Å². The number of methoxy groups -OCH3 is 2. The molecule has 2 nitrogen and oxygen atoms in total. The summed E-state index contributed by atoms with van der Waals surface area (Å²) in [6, 6.07) is 3.93. The van der Waals surface area contributed by atoms with Crippen molar-refractivity contribution in [1.82, 2.24) is 0 Å². The number of alkyl halides is 1. The summed E-state index contributed by atoms with van der Waals surface area (Å²) < 4.78 is 10.6. The first-order chi connectivity index (χ1) is 8.67. The van der Waals surface area contributed by atoms with Gasteiger partial charge >= 0.3 is 0 Å². The van der Waals surface area contributed by atoms with E-state index in [1.165, 1.54) is 19.3 Å². The third kappa shape index (κ3) is 2.77. The number of ether oxygens (including phenoxy) is 2. The number of halogens is 2. The molecule has 0 aliphatic heterocycles. The molecule has 100 valence electrons. The van der Waals surface area contributed by atoms with Crippen molar-refractivity contribution in [3.63, 3.8) is 0 Å². The van der Waals surface area contributed by atoms with Crippen LogP contribution in [0.4, 0.5) is 0 Å². The molecule has 1 aromatic carbocycles. The Morgan fingerprint density at radius 3 is 2.56 bits per heavy atom. The lowest BCUT2D eigenvalue weighted by atomic mass is 9.81. The zero-order valence-corrected chi connectivity index (χ0v) is 13.1. The second-order valence-corrected chi connectivity index (χ2v) is 6.19. The Kier molecular flexibility index (Phi) is 4.79. The van der Waals surface area contributed by atoms with Crippen LogP contribution >= 0.6 is 27.5 Å². The Morgan fingerprint density at radius 1 is 1.33 bits per heavy atom. The predicted molar refractivity (Wildman–Crippen MR) is 78.2 cm³/mol. The van der Waals surface area contributed by atoms with E-state index in [4.69, 9.17) is 21.1 Å². The molecule has 0 N–H and O–H groups in total. The van der Waals surface area contributed by atoms with Crippen LogP contribution in [0, 0.1) is 5.92 Å². The van der Waals surface area contributed by atoms with Gasteiger partial charge in [-0.1, -0.05) is 52.9 Å². The summed E-state index contributed by atoms with van der Waals surface area (Å²) in [7, 11) is 3.26. The van der Waals surface area contributed by atoms with Gasteiger partial charge in [-0.15, -0.1) is 0 Å². The first-order valence-corrected chi connectivity index (χ1v) is 7.51. The van der Waals surface area contributed by atoms with E-state index >= 15 is 0 Å². The second kappa shape index (κ2) is 6.16. The molecule has 0 spiro atoms. The molecule has 0 aromatic heterocycles. The van der Waals surface area contributed by atoms with E-state index in [-0.39, 0.29) is 0 Å². The van der Waals surface area contributed by atoms with Crippen LogP contribution < -0.4 is 9.47 Å². The number of hydrogen-bond acceptors (Lipinski definition) is 2. The van der Waals surface area contributed by atoms with Gasteiger partial charge in [0.25, 0.3) is 0 Å². The van der Waals surface area contributed by atoms with Crippen molar-refractivity contribution < 1.29 is 9.47 Å². The minimum Gasteiger partial charge on any atom is -0.495 e. The van der Waals surface area contributed by atoms with Crippen molar-refractivity contribution in [2.75, 3.05) is 14.2 Å². The molecule has 2 rings (SSSR count). The summed E-state index contributed by atoms with van der Waals surface area (Å²) in [6.45, 7) is 0. The minimum absolute atomic E-state index is 0.293. The van der Waals surface area contributed by atoms with E-state index in [1.54, 1.807) is 14.2 Å². The van der Waals surface area contributed by atoms with E-state index in [0.29, 0.717) is 15.6 Å². The Labute approximate surface area is 122 Å². The average molecular weight is 334 g/mol. The van der Waals surface area contributed by atoms with Gasteiger partial charge in [0, 0.05) is 10.4 Å². The van der Waals surface area contributed by atoms with Crippen LogP contribution in [0.3, 0.4) is 0 Å². The van der Waals surface area contributed by atoms with Gasteiger partial charge in [-0.3, -0.25) is 0 Å². The summed E-state index contributed by atoms with van der Waals surface area (Å²) in [5.74, 6) is 2.21. The number of hydrogen-bond donors (Lipinski definition) is 0. The fourth-order valence-corrected chi connectivity index (χ4v) is 3.53. The lowest BCUT2D eigenvalue weighted by Crippen LogP contribution is -2.13. The number of rotatable bonds is 5. The number of benzene rings is 1. The van der Waals surface area contributed by atoms with Gasteiger partial charge in [0.15, 0.2) is 0 Å². The highest BCUT2D eigenvalue weighted by atomic mass is 79.9. The van der Waals surface area contributed by atoms with E-state index in [0.717, 1.165) is 23.7 Å². The van der Waals surface area contributed by atoms with E-state index < -0.39 is 0 Å². The van der Waals surface area contributed by atoms with E-state index in [1.807, 2.05) is 12.1 Å². The quantitative estimate of drug-likeness (QED) is 0.707. The van der Waals surface area contributed by atoms with Gasteiger partial charge in [-0.05, 0) is 18.4 Å². The highest BCUT2D eigenvalue weighted by Gasteiger charge is 2.25. The third-order valence-electron chi connectivity index (χ3n) is 3.62. The standard InChI is InChI=1S/C14H18BrClO2/c1-17-12-7-6-10(14(18-2)13(12)16)11(15)8-9-4-3-5-9/h6-7,9,11H,3-5,8H2,1-2H3. The maximum Gasteiger partial charge on any atom is 0.145 e. The molecule has 18 heavy (non-hydrogen) atoms. The summed E-state index contributed by atoms with van der Waals surface area (Å²) in [6.07, 6.45) is 5.19. The van der Waals surface area contributed by atoms with Gasteiger partial charge in [0.1, 0.15) is 16.5 Å². The highest BCUT2D eigenvalue weighted by molar-refractivity contribution is 9.09. The van der Waals surface area contributed by atoms with Crippen LogP contribution in [-0.2, 0) is 0 Å². The molecule has 0 radical (unpaired) electrons. The smallest absolute Gasteiger partial charge is 0.145 e. The minimum atomic E-state index is 0.293. The Balaban J connectivity index is 2.22. The summed E-state index contributed by atoms with van der Waals surface area (Å²) in [4.78, 5) is 0.293.